The van der Waals surface area contributed by atoms with Gasteiger partial charge in [-0.15, -0.1) is 0 Å². The summed E-state index contributed by atoms with van der Waals surface area (Å²) in [5, 5.41) is 10.2. The lowest BCUT2D eigenvalue weighted by Gasteiger charge is -2.19. The van der Waals surface area contributed by atoms with Gasteiger partial charge < -0.3 is 26.0 Å². The van der Waals surface area contributed by atoms with Gasteiger partial charge in [0.1, 0.15) is 12.4 Å². The van der Waals surface area contributed by atoms with E-state index < -0.39 is 17.8 Å². The molecule has 218 valence electrons. The number of ether oxygens (including phenoxy) is 1. The Hall–Kier alpha value is -4.32. The summed E-state index contributed by atoms with van der Waals surface area (Å²) in [5.74, 6) is 0.368. The molecule has 0 spiro atoms. The number of nitrogens with two attached hydrogens (primary N) is 1. The highest BCUT2D eigenvalue weighted by atomic mass is 19.4. The molecule has 0 radical (unpaired) electrons. The predicted octanol–water partition coefficient (Wildman–Crippen LogP) is 6.12. The number of aromatic nitrogens is 3. The van der Waals surface area contributed by atoms with Crippen LogP contribution >= 0.6 is 0 Å². The molecule has 0 aliphatic rings. The normalized spacial score (nSPS) is 12.1. The third-order valence-electron chi connectivity index (χ3n) is 6.34. The average molecular weight is 570 g/mol. The van der Waals surface area contributed by atoms with Gasteiger partial charge in [-0.2, -0.15) is 18.3 Å². The molecule has 0 atom stereocenters. The largest absolute Gasteiger partial charge is 0.492 e. The predicted molar refractivity (Wildman–Crippen MR) is 155 cm³/mol. The van der Waals surface area contributed by atoms with Crippen LogP contribution in [-0.4, -0.2) is 52.9 Å². The van der Waals surface area contributed by atoms with Crippen LogP contribution in [-0.2, 0) is 18.6 Å². The number of anilines is 3. The SMILES string of the molecule is CN(C)CCOc1cc(NC(=O)Nc2ccc(-c3cc(C(C)(C)C)nc4c3c(N)nn4C)cc2)cc(C(F)(F)F)c1. The Kier molecular flexibility index (Phi) is 8.16. The van der Waals surface area contributed by atoms with Crippen LogP contribution in [0.15, 0.2) is 48.5 Å². The van der Waals surface area contributed by atoms with E-state index in [1.165, 1.54) is 6.07 Å². The summed E-state index contributed by atoms with van der Waals surface area (Å²) in [5.41, 5.74) is 8.70. The number of halogens is 3. The molecule has 0 unspecified atom stereocenters. The van der Waals surface area contributed by atoms with Crippen LogP contribution in [0.1, 0.15) is 32.0 Å². The van der Waals surface area contributed by atoms with Gasteiger partial charge in [-0.25, -0.2) is 14.5 Å². The number of carbonyl (C=O) groups excluding carboxylic acids is 1. The number of alkyl halides is 3. The molecule has 4 N–H and O–H groups in total. The average Bonchev–Trinajstić information content (AvgIpc) is 3.16. The molecule has 9 nitrogen and oxygen atoms in total. The molecule has 4 aromatic rings. The number of nitrogen functional groups attached to an aromatic ring is 1. The Morgan fingerprint density at radius 2 is 1.68 bits per heavy atom. The van der Waals surface area contributed by atoms with Gasteiger partial charge in [0.2, 0.25) is 0 Å². The fourth-order valence-electron chi connectivity index (χ4n) is 4.18. The van der Waals surface area contributed by atoms with Crippen molar-refractivity contribution in [2.45, 2.75) is 32.4 Å². The van der Waals surface area contributed by atoms with E-state index in [9.17, 15) is 18.0 Å². The van der Waals surface area contributed by atoms with Crippen molar-refractivity contribution in [2.75, 3.05) is 43.6 Å². The molecule has 12 heteroatoms. The first-order valence-electron chi connectivity index (χ1n) is 12.9. The fourth-order valence-corrected chi connectivity index (χ4v) is 4.18. The number of amides is 2. The second-order valence-electron chi connectivity index (χ2n) is 11.1. The number of hydrogen-bond donors (Lipinski definition) is 3. The highest BCUT2D eigenvalue weighted by Gasteiger charge is 2.31. The minimum absolute atomic E-state index is 0.00861. The van der Waals surface area contributed by atoms with Gasteiger partial charge in [0.15, 0.2) is 11.5 Å². The summed E-state index contributed by atoms with van der Waals surface area (Å²) in [6, 6.07) is 11.5. The van der Waals surface area contributed by atoms with Gasteiger partial charge in [0.25, 0.3) is 0 Å². The number of likely N-dealkylation sites (N-methyl/N-ethyl adjacent to an activating group) is 1. The maximum Gasteiger partial charge on any atom is 0.416 e. The number of nitrogens with zero attached hydrogens (tertiary/aromatic N) is 4. The first kappa shape index (κ1) is 29.7. The number of aryl methyl sites for hydroxylation is 1. The topological polar surface area (TPSA) is 110 Å². The number of pyridine rings is 1. The van der Waals surface area contributed by atoms with Gasteiger partial charge >= 0.3 is 12.2 Å². The quantitative estimate of drug-likeness (QED) is 0.247. The zero-order valence-corrected chi connectivity index (χ0v) is 23.8. The van der Waals surface area contributed by atoms with E-state index in [1.54, 1.807) is 23.9 Å². The standard InChI is InChI=1S/C29H34F3N7O2/c1-28(2,3)23-16-22(24-25(33)37-39(6)26(24)36-23)17-7-9-19(10-8-17)34-27(40)35-20-13-18(29(30,31)32)14-21(15-20)41-12-11-38(4)5/h7-10,13-16H,11-12H2,1-6H3,(H2,33,37)(H2,34,35,40). The molecule has 0 fully saturated rings. The Bertz CT molecular complexity index is 1560. The number of rotatable bonds is 7. The van der Waals surface area contributed by atoms with Gasteiger partial charge in [-0.3, -0.25) is 0 Å². The highest BCUT2D eigenvalue weighted by molar-refractivity contribution is 6.02. The molecule has 41 heavy (non-hydrogen) atoms. The molecule has 0 aliphatic heterocycles. The number of urea groups is 1. The summed E-state index contributed by atoms with van der Waals surface area (Å²) >= 11 is 0. The number of benzene rings is 2. The van der Waals surface area contributed by atoms with Crippen molar-refractivity contribution in [3.05, 3.63) is 59.8 Å². The van der Waals surface area contributed by atoms with Crippen LogP contribution in [0.3, 0.4) is 0 Å². The lowest BCUT2D eigenvalue weighted by Crippen LogP contribution is -2.21. The molecule has 0 saturated carbocycles. The Morgan fingerprint density at radius 3 is 2.29 bits per heavy atom. The van der Waals surface area contributed by atoms with Gasteiger partial charge in [-0.05, 0) is 55.6 Å². The summed E-state index contributed by atoms with van der Waals surface area (Å²) in [6.07, 6.45) is -4.60. The van der Waals surface area contributed by atoms with Crippen molar-refractivity contribution in [3.63, 3.8) is 0 Å². The van der Waals surface area contributed by atoms with Crippen molar-refractivity contribution in [2.24, 2.45) is 7.05 Å². The molecule has 2 amide bonds. The molecule has 0 aliphatic carbocycles. The van der Waals surface area contributed by atoms with E-state index in [-0.39, 0.29) is 23.5 Å². The van der Waals surface area contributed by atoms with Crippen molar-refractivity contribution in [1.29, 1.82) is 0 Å². The van der Waals surface area contributed by atoms with E-state index in [0.29, 0.717) is 23.7 Å². The summed E-state index contributed by atoms with van der Waals surface area (Å²) in [6.45, 7) is 6.92. The molecule has 2 aromatic heterocycles. The maximum atomic E-state index is 13.5. The highest BCUT2D eigenvalue weighted by Crippen LogP contribution is 2.36. The zero-order valence-electron chi connectivity index (χ0n) is 23.8. The summed E-state index contributed by atoms with van der Waals surface area (Å²) < 4.78 is 47.5. The van der Waals surface area contributed by atoms with E-state index in [1.807, 2.05) is 37.2 Å². The van der Waals surface area contributed by atoms with Crippen molar-refractivity contribution in [3.8, 4) is 16.9 Å². The molecule has 2 aromatic carbocycles. The van der Waals surface area contributed by atoms with Crippen LogP contribution in [0.25, 0.3) is 22.2 Å². The number of hydrogen-bond acceptors (Lipinski definition) is 6. The Morgan fingerprint density at radius 1 is 1.02 bits per heavy atom. The number of fused-ring (bicyclic) bond motifs is 1. The van der Waals surface area contributed by atoms with Crippen LogP contribution in [0, 0.1) is 0 Å². The van der Waals surface area contributed by atoms with Crippen LogP contribution in [0.5, 0.6) is 5.75 Å². The van der Waals surface area contributed by atoms with Crippen molar-refractivity contribution in [1.82, 2.24) is 19.7 Å². The van der Waals surface area contributed by atoms with Gasteiger partial charge in [0.05, 0.1) is 10.9 Å². The summed E-state index contributed by atoms with van der Waals surface area (Å²) in [4.78, 5) is 19.3. The lowest BCUT2D eigenvalue weighted by molar-refractivity contribution is -0.137. The lowest BCUT2D eigenvalue weighted by atomic mass is 9.89. The van der Waals surface area contributed by atoms with Crippen molar-refractivity contribution < 1.29 is 22.7 Å². The second-order valence-corrected chi connectivity index (χ2v) is 11.1. The Labute approximate surface area is 236 Å². The number of carbonyl (C=O) groups is 1. The van der Waals surface area contributed by atoms with Crippen LogP contribution in [0.2, 0.25) is 0 Å². The molecular formula is C29H34F3N7O2. The maximum absolute atomic E-state index is 13.5. The number of nitrogens with one attached hydrogen (secondary N) is 2. The molecule has 4 rings (SSSR count). The van der Waals surface area contributed by atoms with Crippen LogP contribution < -0.4 is 21.1 Å². The molecule has 0 saturated heterocycles. The molecular weight excluding hydrogens is 535 g/mol. The van der Waals surface area contributed by atoms with E-state index in [4.69, 9.17) is 15.5 Å². The summed E-state index contributed by atoms with van der Waals surface area (Å²) in [7, 11) is 5.44. The molecule has 2 heterocycles. The first-order chi connectivity index (χ1) is 19.1. The van der Waals surface area contributed by atoms with Gasteiger partial charge in [-0.1, -0.05) is 32.9 Å². The Balaban J connectivity index is 1.55. The van der Waals surface area contributed by atoms with Gasteiger partial charge in [0, 0.05) is 42.1 Å². The van der Waals surface area contributed by atoms with E-state index >= 15 is 0 Å². The first-order valence-corrected chi connectivity index (χ1v) is 12.9. The van der Waals surface area contributed by atoms with E-state index in [0.717, 1.165) is 34.3 Å². The second kappa shape index (κ2) is 11.3. The van der Waals surface area contributed by atoms with E-state index in [2.05, 4.69) is 36.5 Å². The molecule has 0 bridgehead atoms. The monoisotopic (exact) mass is 569 g/mol. The zero-order chi connectivity index (χ0) is 30.1. The third kappa shape index (κ3) is 7.07. The minimum Gasteiger partial charge on any atom is -0.492 e. The minimum atomic E-state index is -4.60. The third-order valence-corrected chi connectivity index (χ3v) is 6.34. The van der Waals surface area contributed by atoms with Crippen LogP contribution in [0.4, 0.5) is 35.2 Å². The fraction of sp³-hybridized carbons (Fsp3) is 0.345. The smallest absolute Gasteiger partial charge is 0.416 e. The van der Waals surface area contributed by atoms with Crippen molar-refractivity contribution >= 4 is 34.3 Å².